The van der Waals surface area contributed by atoms with Crippen molar-refractivity contribution in [3.05, 3.63) is 51.3 Å². The molecule has 0 unspecified atom stereocenters. The molecular formula is C18H18ClN3O2S. The Kier molecular flexibility index (Phi) is 5.20. The summed E-state index contributed by atoms with van der Waals surface area (Å²) >= 11 is 7.35. The first-order valence-electron chi connectivity index (χ1n) is 7.95. The summed E-state index contributed by atoms with van der Waals surface area (Å²) in [6, 6.07) is 7.31. The van der Waals surface area contributed by atoms with E-state index in [-0.39, 0.29) is 18.0 Å². The maximum Gasteiger partial charge on any atom is 0.263 e. The summed E-state index contributed by atoms with van der Waals surface area (Å²) < 4.78 is 1.35. The highest BCUT2D eigenvalue weighted by atomic mass is 35.5. The van der Waals surface area contributed by atoms with Crippen LogP contribution < -0.4 is 10.9 Å². The van der Waals surface area contributed by atoms with Crippen molar-refractivity contribution in [1.82, 2.24) is 14.9 Å². The molecule has 0 atom stereocenters. The molecule has 3 aromatic rings. The number of rotatable bonds is 5. The minimum absolute atomic E-state index is 0.0373. The summed E-state index contributed by atoms with van der Waals surface area (Å²) in [4.78, 5) is 29.9. The number of thiophene rings is 1. The fraction of sp³-hybridized carbons (Fsp3) is 0.278. The number of carbonyl (C=O) groups is 1. The minimum atomic E-state index is -0.212. The number of hydrogen-bond donors (Lipinski definition) is 1. The molecule has 1 N–H and O–H groups in total. The van der Waals surface area contributed by atoms with Crippen LogP contribution in [0.2, 0.25) is 5.02 Å². The molecule has 0 fully saturated rings. The molecule has 2 aromatic heterocycles. The lowest BCUT2D eigenvalue weighted by molar-refractivity contribution is -0.121. The van der Waals surface area contributed by atoms with Crippen LogP contribution in [0.3, 0.4) is 0 Å². The van der Waals surface area contributed by atoms with Crippen LogP contribution in [-0.4, -0.2) is 22.0 Å². The molecule has 3 rings (SSSR count). The van der Waals surface area contributed by atoms with Crippen molar-refractivity contribution in [1.29, 1.82) is 0 Å². The molecule has 0 saturated heterocycles. The van der Waals surface area contributed by atoms with E-state index in [1.54, 1.807) is 12.1 Å². The maximum atomic E-state index is 12.8. The van der Waals surface area contributed by atoms with Crippen molar-refractivity contribution in [2.45, 2.75) is 20.4 Å². The largest absolute Gasteiger partial charge is 0.354 e. The van der Waals surface area contributed by atoms with Gasteiger partial charge in [0.15, 0.2) is 0 Å². The summed E-state index contributed by atoms with van der Waals surface area (Å²) in [7, 11) is 0. The van der Waals surface area contributed by atoms with Crippen molar-refractivity contribution < 1.29 is 4.79 Å². The molecular weight excluding hydrogens is 358 g/mol. The molecule has 7 heteroatoms. The summed E-state index contributed by atoms with van der Waals surface area (Å²) in [5, 5.41) is 5.90. The van der Waals surface area contributed by atoms with E-state index in [1.807, 2.05) is 31.4 Å². The number of carbonyl (C=O) groups excluding carboxylic acids is 1. The highest BCUT2D eigenvalue weighted by molar-refractivity contribution is 7.17. The Balaban J connectivity index is 1.96. The third-order valence-corrected chi connectivity index (χ3v) is 4.88. The number of benzene rings is 1. The third-order valence-electron chi connectivity index (χ3n) is 3.74. The van der Waals surface area contributed by atoms with E-state index in [1.165, 1.54) is 22.2 Å². The van der Waals surface area contributed by atoms with Crippen LogP contribution >= 0.6 is 22.9 Å². The van der Waals surface area contributed by atoms with E-state index in [9.17, 15) is 9.59 Å². The standard InChI is InChI=1S/C18H18ClN3O2S/c1-11(2)7-20-15(23)8-22-10-21-17-16(18(22)24)14(9-25-17)12-3-5-13(19)6-4-12/h3-6,9-11H,7-8H2,1-2H3,(H,20,23). The van der Waals surface area contributed by atoms with Gasteiger partial charge in [-0.2, -0.15) is 0 Å². The summed E-state index contributed by atoms with van der Waals surface area (Å²) in [6.07, 6.45) is 1.43. The van der Waals surface area contributed by atoms with Gasteiger partial charge >= 0.3 is 0 Å². The molecule has 0 spiro atoms. The molecule has 0 bridgehead atoms. The van der Waals surface area contributed by atoms with Crippen molar-refractivity contribution in [3.63, 3.8) is 0 Å². The number of fused-ring (bicyclic) bond motifs is 1. The van der Waals surface area contributed by atoms with Gasteiger partial charge in [-0.15, -0.1) is 11.3 Å². The first-order valence-corrected chi connectivity index (χ1v) is 9.20. The number of amides is 1. The first kappa shape index (κ1) is 17.6. The smallest absolute Gasteiger partial charge is 0.263 e. The number of hydrogen-bond acceptors (Lipinski definition) is 4. The number of nitrogens with one attached hydrogen (secondary N) is 1. The van der Waals surface area contributed by atoms with Gasteiger partial charge in [-0.3, -0.25) is 14.2 Å². The molecule has 0 radical (unpaired) electrons. The van der Waals surface area contributed by atoms with Crippen LogP contribution in [0.25, 0.3) is 21.3 Å². The van der Waals surface area contributed by atoms with Crippen LogP contribution in [-0.2, 0) is 11.3 Å². The zero-order valence-electron chi connectivity index (χ0n) is 14.0. The second-order valence-electron chi connectivity index (χ2n) is 6.21. The van der Waals surface area contributed by atoms with Gasteiger partial charge in [0.05, 0.1) is 11.7 Å². The molecule has 0 saturated carbocycles. The van der Waals surface area contributed by atoms with E-state index < -0.39 is 0 Å². The quantitative estimate of drug-likeness (QED) is 0.741. The van der Waals surface area contributed by atoms with Gasteiger partial charge in [0.2, 0.25) is 5.91 Å². The lowest BCUT2D eigenvalue weighted by atomic mass is 10.1. The minimum Gasteiger partial charge on any atom is -0.354 e. The monoisotopic (exact) mass is 375 g/mol. The van der Waals surface area contributed by atoms with Crippen LogP contribution in [0.1, 0.15) is 13.8 Å². The van der Waals surface area contributed by atoms with Gasteiger partial charge in [-0.05, 0) is 23.6 Å². The molecule has 2 heterocycles. The van der Waals surface area contributed by atoms with Crippen LogP contribution in [0.5, 0.6) is 0 Å². The van der Waals surface area contributed by atoms with E-state index in [0.717, 1.165) is 11.1 Å². The van der Waals surface area contributed by atoms with Crippen molar-refractivity contribution >= 4 is 39.1 Å². The maximum absolute atomic E-state index is 12.8. The molecule has 1 aromatic carbocycles. The Hall–Kier alpha value is -2.18. The molecule has 0 aliphatic carbocycles. The summed E-state index contributed by atoms with van der Waals surface area (Å²) in [6.45, 7) is 4.58. The fourth-order valence-corrected chi connectivity index (χ4v) is 3.48. The fourth-order valence-electron chi connectivity index (χ4n) is 2.45. The number of halogens is 1. The number of aromatic nitrogens is 2. The average molecular weight is 376 g/mol. The SMILES string of the molecule is CC(C)CNC(=O)Cn1cnc2scc(-c3ccc(Cl)cc3)c2c1=O. The predicted octanol–water partition coefficient (Wildman–Crippen LogP) is 3.55. The van der Waals surface area contributed by atoms with Crippen LogP contribution in [0, 0.1) is 5.92 Å². The molecule has 5 nitrogen and oxygen atoms in total. The second kappa shape index (κ2) is 7.37. The van der Waals surface area contributed by atoms with Crippen molar-refractivity contribution in [2.24, 2.45) is 5.92 Å². The molecule has 1 amide bonds. The van der Waals surface area contributed by atoms with Gasteiger partial charge in [-0.1, -0.05) is 37.6 Å². The average Bonchev–Trinajstić information content (AvgIpc) is 3.01. The topological polar surface area (TPSA) is 64.0 Å². The zero-order chi connectivity index (χ0) is 18.0. The van der Waals surface area contributed by atoms with Gasteiger partial charge < -0.3 is 5.32 Å². The normalized spacial score (nSPS) is 11.2. The molecule has 130 valence electrons. The van der Waals surface area contributed by atoms with Crippen LogP contribution in [0.4, 0.5) is 0 Å². The Labute approximate surface area is 154 Å². The molecule has 25 heavy (non-hydrogen) atoms. The lowest BCUT2D eigenvalue weighted by Gasteiger charge is -2.09. The van der Waals surface area contributed by atoms with Crippen molar-refractivity contribution in [2.75, 3.05) is 6.54 Å². The first-order chi connectivity index (χ1) is 12.0. The Morgan fingerprint density at radius 2 is 2.04 bits per heavy atom. The highest BCUT2D eigenvalue weighted by Crippen LogP contribution is 2.31. The zero-order valence-corrected chi connectivity index (χ0v) is 15.5. The third kappa shape index (κ3) is 3.91. The van der Waals surface area contributed by atoms with E-state index in [4.69, 9.17) is 11.6 Å². The van der Waals surface area contributed by atoms with Gasteiger partial charge in [0.25, 0.3) is 5.56 Å². The van der Waals surface area contributed by atoms with E-state index >= 15 is 0 Å². The summed E-state index contributed by atoms with van der Waals surface area (Å²) in [5.74, 6) is 0.162. The number of nitrogens with zero attached hydrogens (tertiary/aromatic N) is 2. The molecule has 0 aliphatic heterocycles. The second-order valence-corrected chi connectivity index (χ2v) is 7.51. The van der Waals surface area contributed by atoms with Crippen molar-refractivity contribution in [3.8, 4) is 11.1 Å². The van der Waals surface area contributed by atoms with E-state index in [2.05, 4.69) is 10.3 Å². The Bertz CT molecular complexity index is 961. The molecule has 0 aliphatic rings. The van der Waals surface area contributed by atoms with Crippen LogP contribution in [0.15, 0.2) is 40.8 Å². The van der Waals surface area contributed by atoms with E-state index in [0.29, 0.717) is 27.7 Å². The Morgan fingerprint density at radius 3 is 2.72 bits per heavy atom. The van der Waals surface area contributed by atoms with Gasteiger partial charge in [0, 0.05) is 22.5 Å². The van der Waals surface area contributed by atoms with Gasteiger partial charge in [0.1, 0.15) is 11.4 Å². The lowest BCUT2D eigenvalue weighted by Crippen LogP contribution is -2.34. The Morgan fingerprint density at radius 1 is 1.32 bits per heavy atom. The van der Waals surface area contributed by atoms with Gasteiger partial charge in [-0.25, -0.2) is 4.98 Å². The highest BCUT2D eigenvalue weighted by Gasteiger charge is 2.14. The summed E-state index contributed by atoms with van der Waals surface area (Å²) in [5.41, 5.74) is 1.50. The predicted molar refractivity (Wildman–Crippen MR) is 102 cm³/mol.